The van der Waals surface area contributed by atoms with Crippen molar-refractivity contribution in [1.29, 1.82) is 0 Å². The quantitative estimate of drug-likeness (QED) is 0.854. The van der Waals surface area contributed by atoms with Gasteiger partial charge < -0.3 is 10.2 Å². The number of nitrogens with one attached hydrogen (secondary N) is 1. The van der Waals surface area contributed by atoms with E-state index in [0.29, 0.717) is 37.2 Å². The molecule has 6 heteroatoms. The number of nitrogens with zero attached hydrogens (tertiary/aromatic N) is 1. The zero-order valence-corrected chi connectivity index (χ0v) is 10.8. The Hall–Kier alpha value is -1.56. The van der Waals surface area contributed by atoms with Crippen LogP contribution in [0.5, 0.6) is 0 Å². The van der Waals surface area contributed by atoms with Gasteiger partial charge in [-0.25, -0.2) is 13.2 Å². The number of halogens is 3. The number of amides is 1. The third kappa shape index (κ3) is 2.28. The van der Waals surface area contributed by atoms with Crippen molar-refractivity contribution in [3.8, 4) is 0 Å². The van der Waals surface area contributed by atoms with E-state index in [1.54, 1.807) is 0 Å². The first-order chi connectivity index (χ1) is 9.56. The molecule has 0 spiro atoms. The Labute approximate surface area is 114 Å². The second-order valence-corrected chi connectivity index (χ2v) is 5.39. The van der Waals surface area contributed by atoms with E-state index in [0.717, 1.165) is 19.4 Å². The van der Waals surface area contributed by atoms with Crippen LogP contribution in [0.3, 0.4) is 0 Å². The van der Waals surface area contributed by atoms with E-state index in [-0.39, 0.29) is 0 Å². The Balaban J connectivity index is 1.82. The molecule has 1 amide bonds. The molecule has 1 aromatic rings. The summed E-state index contributed by atoms with van der Waals surface area (Å²) >= 11 is 0. The van der Waals surface area contributed by atoms with Crippen LogP contribution in [-0.4, -0.2) is 36.5 Å². The van der Waals surface area contributed by atoms with Crippen molar-refractivity contribution in [2.75, 3.05) is 19.6 Å². The number of carbonyl (C=O) groups excluding carboxylic acids is 1. The number of hydrogen-bond donors (Lipinski definition) is 1. The van der Waals surface area contributed by atoms with Gasteiger partial charge in [0, 0.05) is 31.3 Å². The van der Waals surface area contributed by atoms with Crippen LogP contribution >= 0.6 is 0 Å². The summed E-state index contributed by atoms with van der Waals surface area (Å²) in [6.45, 7) is 1.87. The summed E-state index contributed by atoms with van der Waals surface area (Å²) in [7, 11) is 0. The second kappa shape index (κ2) is 5.09. The highest BCUT2D eigenvalue weighted by atomic mass is 19.1. The molecule has 2 unspecified atom stereocenters. The van der Waals surface area contributed by atoms with Gasteiger partial charge in [0.05, 0.1) is 0 Å². The van der Waals surface area contributed by atoms with E-state index in [2.05, 4.69) is 5.32 Å². The number of fused-ring (bicyclic) bond motifs is 1. The summed E-state index contributed by atoms with van der Waals surface area (Å²) in [5.74, 6) is -3.65. The van der Waals surface area contributed by atoms with Crippen molar-refractivity contribution in [1.82, 2.24) is 10.2 Å². The number of benzene rings is 1. The highest BCUT2D eigenvalue weighted by molar-refractivity contribution is 5.94. The minimum atomic E-state index is -1.14. The van der Waals surface area contributed by atoms with Gasteiger partial charge in [-0.1, -0.05) is 0 Å². The zero-order chi connectivity index (χ0) is 14.3. The summed E-state index contributed by atoms with van der Waals surface area (Å²) in [6, 6.07) is 1.47. The van der Waals surface area contributed by atoms with Crippen molar-refractivity contribution in [3.05, 3.63) is 35.1 Å². The second-order valence-electron chi connectivity index (χ2n) is 5.39. The molecule has 2 fully saturated rings. The molecule has 2 saturated heterocycles. The summed E-state index contributed by atoms with van der Waals surface area (Å²) in [5, 5.41) is 3.35. The van der Waals surface area contributed by atoms with Crippen LogP contribution in [0, 0.1) is 23.4 Å². The molecule has 0 bridgehead atoms. The molecule has 2 aliphatic rings. The molecule has 0 radical (unpaired) electrons. The predicted octanol–water partition coefficient (Wildman–Crippen LogP) is 1.93. The first kappa shape index (κ1) is 13.4. The topological polar surface area (TPSA) is 32.3 Å². The maximum Gasteiger partial charge on any atom is 0.259 e. The van der Waals surface area contributed by atoms with E-state index in [1.807, 2.05) is 0 Å². The summed E-state index contributed by atoms with van der Waals surface area (Å²) in [6.07, 6.45) is 1.74. The van der Waals surface area contributed by atoms with Crippen LogP contribution < -0.4 is 5.32 Å². The Morgan fingerprint density at radius 1 is 1.20 bits per heavy atom. The fourth-order valence-corrected chi connectivity index (χ4v) is 3.14. The van der Waals surface area contributed by atoms with Crippen LogP contribution in [0.2, 0.25) is 0 Å². The minimum Gasteiger partial charge on any atom is -0.338 e. The third-order valence-corrected chi connectivity index (χ3v) is 4.16. The molecule has 3 nitrogen and oxygen atoms in total. The zero-order valence-electron chi connectivity index (χ0n) is 10.8. The van der Waals surface area contributed by atoms with Gasteiger partial charge in [0.1, 0.15) is 23.0 Å². The van der Waals surface area contributed by atoms with Crippen molar-refractivity contribution < 1.29 is 18.0 Å². The van der Waals surface area contributed by atoms with Gasteiger partial charge in [-0.15, -0.1) is 0 Å². The number of likely N-dealkylation sites (tertiary alicyclic amines) is 1. The van der Waals surface area contributed by atoms with Gasteiger partial charge >= 0.3 is 0 Å². The molecule has 0 aliphatic carbocycles. The van der Waals surface area contributed by atoms with Gasteiger partial charge in [0.15, 0.2) is 0 Å². The monoisotopic (exact) mass is 284 g/mol. The summed E-state index contributed by atoms with van der Waals surface area (Å²) < 4.78 is 40.2. The van der Waals surface area contributed by atoms with Crippen molar-refractivity contribution in [2.45, 2.75) is 18.9 Å². The lowest BCUT2D eigenvalue weighted by atomic mass is 9.93. The van der Waals surface area contributed by atoms with Crippen LogP contribution in [0.15, 0.2) is 12.1 Å². The van der Waals surface area contributed by atoms with E-state index in [1.165, 1.54) is 4.90 Å². The molecule has 2 aliphatic heterocycles. The molecule has 2 atom stereocenters. The SMILES string of the molecule is O=C(c1c(F)cc(F)cc1F)N1CCC2NCCC2C1. The number of rotatable bonds is 1. The highest BCUT2D eigenvalue weighted by Crippen LogP contribution is 2.26. The molecule has 1 N–H and O–H groups in total. The smallest absolute Gasteiger partial charge is 0.259 e. The lowest BCUT2D eigenvalue weighted by Gasteiger charge is -2.35. The summed E-state index contributed by atoms with van der Waals surface area (Å²) in [4.78, 5) is 13.7. The molecule has 0 aromatic heterocycles. The normalized spacial score (nSPS) is 25.6. The van der Waals surface area contributed by atoms with Crippen LogP contribution in [0.25, 0.3) is 0 Å². The molecule has 0 saturated carbocycles. The molecular weight excluding hydrogens is 269 g/mol. The van der Waals surface area contributed by atoms with Crippen LogP contribution in [0.1, 0.15) is 23.2 Å². The van der Waals surface area contributed by atoms with Gasteiger partial charge in [0.2, 0.25) is 0 Å². The Bertz CT molecular complexity index is 526. The molecule has 3 rings (SSSR count). The number of hydrogen-bond acceptors (Lipinski definition) is 2. The lowest BCUT2D eigenvalue weighted by Crippen LogP contribution is -2.47. The van der Waals surface area contributed by atoms with E-state index >= 15 is 0 Å². The first-order valence-corrected chi connectivity index (χ1v) is 6.73. The molecular formula is C14H15F3N2O. The average molecular weight is 284 g/mol. The number of piperidine rings is 1. The Morgan fingerprint density at radius 2 is 1.90 bits per heavy atom. The fourth-order valence-electron chi connectivity index (χ4n) is 3.14. The average Bonchev–Trinajstić information content (AvgIpc) is 2.84. The Kier molecular flexibility index (Phi) is 3.41. The third-order valence-electron chi connectivity index (χ3n) is 4.16. The lowest BCUT2D eigenvalue weighted by molar-refractivity contribution is 0.0652. The maximum absolute atomic E-state index is 13.6. The van der Waals surface area contributed by atoms with Crippen LogP contribution in [-0.2, 0) is 0 Å². The molecule has 1 aromatic carbocycles. The molecule has 2 heterocycles. The van der Waals surface area contributed by atoms with Gasteiger partial charge in [0.25, 0.3) is 5.91 Å². The van der Waals surface area contributed by atoms with E-state index in [9.17, 15) is 18.0 Å². The highest BCUT2D eigenvalue weighted by Gasteiger charge is 2.35. The van der Waals surface area contributed by atoms with Gasteiger partial charge in [-0.3, -0.25) is 4.79 Å². The van der Waals surface area contributed by atoms with Crippen molar-refractivity contribution >= 4 is 5.91 Å². The Morgan fingerprint density at radius 3 is 2.60 bits per heavy atom. The fraction of sp³-hybridized carbons (Fsp3) is 0.500. The predicted molar refractivity (Wildman–Crippen MR) is 66.7 cm³/mol. The van der Waals surface area contributed by atoms with Gasteiger partial charge in [-0.2, -0.15) is 0 Å². The van der Waals surface area contributed by atoms with Crippen LogP contribution in [0.4, 0.5) is 13.2 Å². The summed E-state index contributed by atoms with van der Waals surface area (Å²) in [5.41, 5.74) is -0.657. The van der Waals surface area contributed by atoms with E-state index in [4.69, 9.17) is 0 Å². The molecule has 20 heavy (non-hydrogen) atoms. The first-order valence-electron chi connectivity index (χ1n) is 6.73. The number of carbonyl (C=O) groups is 1. The van der Waals surface area contributed by atoms with E-state index < -0.39 is 28.9 Å². The standard InChI is InChI=1S/C14H15F3N2O/c15-9-5-10(16)13(11(17)6-9)14(20)19-4-2-12-8(7-19)1-3-18-12/h5-6,8,12,18H,1-4,7H2. The largest absolute Gasteiger partial charge is 0.338 e. The van der Waals surface area contributed by atoms with Gasteiger partial charge in [-0.05, 0) is 25.3 Å². The maximum atomic E-state index is 13.6. The minimum absolute atomic E-state index is 0.333. The molecule has 108 valence electrons. The van der Waals surface area contributed by atoms with Crippen molar-refractivity contribution in [2.24, 2.45) is 5.92 Å². The van der Waals surface area contributed by atoms with Crippen molar-refractivity contribution in [3.63, 3.8) is 0 Å².